The maximum absolute atomic E-state index is 12.9. The van der Waals surface area contributed by atoms with Gasteiger partial charge in [0.1, 0.15) is 18.1 Å². The molecule has 1 aromatic heterocycles. The van der Waals surface area contributed by atoms with Gasteiger partial charge in [-0.1, -0.05) is 30.3 Å². The van der Waals surface area contributed by atoms with Gasteiger partial charge in [-0.3, -0.25) is 4.79 Å². The lowest BCUT2D eigenvalue weighted by Crippen LogP contribution is -2.48. The molecule has 0 aliphatic carbocycles. The van der Waals surface area contributed by atoms with Gasteiger partial charge in [-0.25, -0.2) is 9.78 Å². The number of nitrogens with zero attached hydrogens (tertiary/aromatic N) is 2. The molecule has 2 bridgehead atoms. The second-order valence-electron chi connectivity index (χ2n) is 7.45. The zero-order valence-electron chi connectivity index (χ0n) is 15.9. The highest BCUT2D eigenvalue weighted by Crippen LogP contribution is 2.40. The van der Waals surface area contributed by atoms with Crippen LogP contribution in [0.2, 0.25) is 0 Å². The number of hydrogen-bond donors (Lipinski definition) is 0. The minimum absolute atomic E-state index is 0.0526. The zero-order valence-corrected chi connectivity index (χ0v) is 15.9. The summed E-state index contributed by atoms with van der Waals surface area (Å²) in [6.45, 7) is 0.272. The molecule has 2 saturated heterocycles. The van der Waals surface area contributed by atoms with E-state index in [9.17, 15) is 9.59 Å². The largest absolute Gasteiger partial charge is 0.495 e. The van der Waals surface area contributed by atoms with Gasteiger partial charge in [-0.15, -0.1) is 0 Å². The van der Waals surface area contributed by atoms with Crippen LogP contribution < -0.4 is 4.74 Å². The minimum Gasteiger partial charge on any atom is -0.495 e. The summed E-state index contributed by atoms with van der Waals surface area (Å²) in [5.74, 6) is 0.584. The molecule has 28 heavy (non-hydrogen) atoms. The predicted molar refractivity (Wildman–Crippen MR) is 103 cm³/mol. The average Bonchev–Trinajstić information content (AvgIpc) is 3.01. The van der Waals surface area contributed by atoms with E-state index in [1.54, 1.807) is 25.4 Å². The van der Waals surface area contributed by atoms with Crippen molar-refractivity contribution in [2.75, 3.05) is 7.11 Å². The number of fused-ring (bicyclic) bond motifs is 2. The second kappa shape index (κ2) is 8.00. The lowest BCUT2D eigenvalue weighted by molar-refractivity contribution is 0.0483. The lowest BCUT2D eigenvalue weighted by Gasteiger charge is -2.37. The Bertz CT molecular complexity index is 823. The highest BCUT2D eigenvalue weighted by atomic mass is 16.6. The Morgan fingerprint density at radius 2 is 1.79 bits per heavy atom. The summed E-state index contributed by atoms with van der Waals surface area (Å²) in [4.78, 5) is 31.6. The van der Waals surface area contributed by atoms with Gasteiger partial charge in [-0.2, -0.15) is 0 Å². The van der Waals surface area contributed by atoms with Crippen molar-refractivity contribution < 1.29 is 19.1 Å². The first-order chi connectivity index (χ1) is 13.7. The van der Waals surface area contributed by atoms with Crippen LogP contribution in [0.3, 0.4) is 0 Å². The van der Waals surface area contributed by atoms with Crippen molar-refractivity contribution in [2.45, 2.75) is 44.4 Å². The molecule has 2 unspecified atom stereocenters. The number of ketones is 1. The molecule has 3 heterocycles. The van der Waals surface area contributed by atoms with Gasteiger partial charge in [0.25, 0.3) is 0 Å². The quantitative estimate of drug-likeness (QED) is 0.737. The number of pyridine rings is 1. The Morgan fingerprint density at radius 3 is 2.39 bits per heavy atom. The highest BCUT2D eigenvalue weighted by molar-refractivity contribution is 5.96. The Balaban J connectivity index is 1.38. The van der Waals surface area contributed by atoms with E-state index >= 15 is 0 Å². The van der Waals surface area contributed by atoms with E-state index in [2.05, 4.69) is 4.98 Å². The number of carbonyl (C=O) groups is 2. The van der Waals surface area contributed by atoms with Crippen molar-refractivity contribution in [2.24, 2.45) is 5.92 Å². The van der Waals surface area contributed by atoms with Crippen LogP contribution in [-0.4, -0.2) is 41.0 Å². The van der Waals surface area contributed by atoms with Crippen LogP contribution in [-0.2, 0) is 11.3 Å². The van der Waals surface area contributed by atoms with Gasteiger partial charge in [0.2, 0.25) is 0 Å². The third-order valence-corrected chi connectivity index (χ3v) is 5.74. The Hall–Kier alpha value is -2.89. The van der Waals surface area contributed by atoms with Crippen LogP contribution in [0.15, 0.2) is 48.7 Å². The van der Waals surface area contributed by atoms with Crippen molar-refractivity contribution in [3.05, 3.63) is 59.9 Å². The number of aromatic nitrogens is 1. The molecule has 0 saturated carbocycles. The number of benzene rings is 1. The first-order valence-corrected chi connectivity index (χ1v) is 9.69. The Labute approximate surface area is 164 Å². The molecule has 2 aliphatic rings. The van der Waals surface area contributed by atoms with Crippen LogP contribution in [0, 0.1) is 5.92 Å². The molecule has 4 rings (SSSR count). The smallest absolute Gasteiger partial charge is 0.410 e. The highest BCUT2D eigenvalue weighted by Gasteiger charge is 2.46. The van der Waals surface area contributed by atoms with Gasteiger partial charge in [0.15, 0.2) is 5.78 Å². The summed E-state index contributed by atoms with van der Waals surface area (Å²) in [5.41, 5.74) is 1.43. The maximum Gasteiger partial charge on any atom is 0.410 e. The van der Waals surface area contributed by atoms with E-state index in [0.717, 1.165) is 18.4 Å². The van der Waals surface area contributed by atoms with Crippen LogP contribution in [0.5, 0.6) is 5.75 Å². The predicted octanol–water partition coefficient (Wildman–Crippen LogP) is 3.85. The SMILES string of the molecule is COc1ccc(C(=O)C2CC3CCC(C2)N3C(=O)OCc2ccccc2)nc1. The molecule has 1 aromatic carbocycles. The second-order valence-corrected chi connectivity index (χ2v) is 7.45. The summed E-state index contributed by atoms with van der Waals surface area (Å²) in [5, 5.41) is 0. The molecular formula is C22H24N2O4. The average molecular weight is 380 g/mol. The van der Waals surface area contributed by atoms with E-state index in [4.69, 9.17) is 9.47 Å². The number of methoxy groups -OCH3 is 1. The number of ether oxygens (including phenoxy) is 2. The van der Waals surface area contributed by atoms with E-state index in [1.165, 1.54) is 0 Å². The minimum atomic E-state index is -0.273. The fourth-order valence-corrected chi connectivity index (χ4v) is 4.34. The third kappa shape index (κ3) is 3.72. The molecule has 1 amide bonds. The summed E-state index contributed by atoms with van der Waals surface area (Å²) >= 11 is 0. The molecule has 2 fully saturated rings. The molecule has 146 valence electrons. The topological polar surface area (TPSA) is 68.7 Å². The van der Waals surface area contributed by atoms with Gasteiger partial charge in [-0.05, 0) is 43.4 Å². The fourth-order valence-electron chi connectivity index (χ4n) is 4.34. The van der Waals surface area contributed by atoms with Crippen molar-refractivity contribution in [3.63, 3.8) is 0 Å². The first-order valence-electron chi connectivity index (χ1n) is 9.69. The molecule has 6 heteroatoms. The first kappa shape index (κ1) is 18.5. The lowest BCUT2D eigenvalue weighted by atomic mass is 9.86. The molecule has 0 spiro atoms. The molecule has 2 aliphatic heterocycles. The van der Waals surface area contributed by atoms with Crippen LogP contribution in [0.1, 0.15) is 41.7 Å². The van der Waals surface area contributed by atoms with Gasteiger partial charge in [0.05, 0.1) is 13.3 Å². The monoisotopic (exact) mass is 380 g/mol. The molecule has 2 aromatic rings. The van der Waals surface area contributed by atoms with Crippen molar-refractivity contribution in [3.8, 4) is 5.75 Å². The van der Waals surface area contributed by atoms with Crippen molar-refractivity contribution in [1.29, 1.82) is 0 Å². The summed E-state index contributed by atoms with van der Waals surface area (Å²) in [7, 11) is 1.57. The van der Waals surface area contributed by atoms with Crippen molar-refractivity contribution >= 4 is 11.9 Å². The van der Waals surface area contributed by atoms with Crippen molar-refractivity contribution in [1.82, 2.24) is 9.88 Å². The maximum atomic E-state index is 12.9. The number of hydrogen-bond acceptors (Lipinski definition) is 5. The zero-order chi connectivity index (χ0) is 19.5. The van der Waals surface area contributed by atoms with Crippen LogP contribution in [0.25, 0.3) is 0 Å². The number of amides is 1. The fraction of sp³-hybridized carbons (Fsp3) is 0.409. The van der Waals surface area contributed by atoms with Crippen LogP contribution in [0.4, 0.5) is 4.79 Å². The standard InChI is InChI=1S/C22H24N2O4/c1-27-19-9-10-20(23-13-19)21(25)16-11-17-7-8-18(12-16)24(17)22(26)28-14-15-5-3-2-4-6-15/h2-6,9-10,13,16-18H,7-8,11-12,14H2,1H3. The number of piperidine rings is 1. The number of carbonyl (C=O) groups excluding carboxylic acids is 2. The van der Waals surface area contributed by atoms with Crippen LogP contribution >= 0.6 is 0 Å². The molecular weight excluding hydrogens is 356 g/mol. The van der Waals surface area contributed by atoms with Gasteiger partial charge >= 0.3 is 6.09 Å². The number of rotatable bonds is 5. The van der Waals surface area contributed by atoms with Gasteiger partial charge in [0, 0.05) is 18.0 Å². The molecule has 6 nitrogen and oxygen atoms in total. The molecule has 2 atom stereocenters. The van der Waals surface area contributed by atoms with E-state index in [0.29, 0.717) is 24.3 Å². The van der Waals surface area contributed by atoms with E-state index in [-0.39, 0.29) is 36.5 Å². The molecule has 0 N–H and O–H groups in total. The Morgan fingerprint density at radius 1 is 1.07 bits per heavy atom. The van der Waals surface area contributed by atoms with E-state index in [1.807, 2.05) is 35.2 Å². The summed E-state index contributed by atoms with van der Waals surface area (Å²) in [6, 6.07) is 13.3. The normalized spacial score (nSPS) is 23.3. The third-order valence-electron chi connectivity index (χ3n) is 5.74. The molecule has 0 radical (unpaired) electrons. The summed E-state index contributed by atoms with van der Waals surface area (Å²) in [6.07, 6.45) is 4.48. The summed E-state index contributed by atoms with van der Waals surface area (Å²) < 4.78 is 10.6. The number of Topliss-reactive ketones (excluding diaryl/α,β-unsaturated/α-hetero) is 1. The Kier molecular flexibility index (Phi) is 5.28. The van der Waals surface area contributed by atoms with Gasteiger partial charge < -0.3 is 14.4 Å². The van der Waals surface area contributed by atoms with E-state index < -0.39 is 0 Å².